The van der Waals surface area contributed by atoms with E-state index in [2.05, 4.69) is 32.0 Å². The molecule has 1 aromatic carbocycles. The predicted molar refractivity (Wildman–Crippen MR) is 91.3 cm³/mol. The molecule has 0 radical (unpaired) electrons. The number of imidazole rings is 1. The van der Waals surface area contributed by atoms with Crippen LogP contribution in [0.4, 0.5) is 0 Å². The van der Waals surface area contributed by atoms with Gasteiger partial charge in [0.15, 0.2) is 0 Å². The van der Waals surface area contributed by atoms with Gasteiger partial charge in [0.1, 0.15) is 0 Å². The van der Waals surface area contributed by atoms with E-state index in [0.717, 1.165) is 34.3 Å². The van der Waals surface area contributed by atoms with Gasteiger partial charge in [-0.25, -0.2) is 9.97 Å². The van der Waals surface area contributed by atoms with Gasteiger partial charge in [-0.15, -0.1) is 0 Å². The monoisotopic (exact) mass is 370 g/mol. The molecule has 0 aliphatic heterocycles. The van der Waals surface area contributed by atoms with Crippen LogP contribution in [0.1, 0.15) is 17.5 Å². The topological polar surface area (TPSA) is 52.7 Å². The maximum Gasteiger partial charge on any atom is 0.257 e. The van der Waals surface area contributed by atoms with Gasteiger partial charge in [-0.05, 0) is 24.1 Å². The van der Waals surface area contributed by atoms with E-state index in [1.807, 2.05) is 22.9 Å². The van der Waals surface area contributed by atoms with Crippen LogP contribution < -0.4 is 5.56 Å². The number of aromatic nitrogens is 4. The van der Waals surface area contributed by atoms with E-state index < -0.39 is 0 Å². The molecule has 0 atom stereocenters. The summed E-state index contributed by atoms with van der Waals surface area (Å²) < 4.78 is 4.74. The highest BCUT2D eigenvalue weighted by atomic mass is 79.9. The minimum absolute atomic E-state index is 0.0768. The number of aryl methyl sites for hydroxylation is 2. The number of nitrogens with zero attached hydrogens (tertiary/aromatic N) is 4. The van der Waals surface area contributed by atoms with Crippen molar-refractivity contribution >= 4 is 15.9 Å². The third-order valence-corrected chi connectivity index (χ3v) is 4.69. The lowest BCUT2D eigenvalue weighted by Gasteiger charge is -2.08. The molecule has 116 valence electrons. The first-order chi connectivity index (χ1) is 11.2. The van der Waals surface area contributed by atoms with Gasteiger partial charge in [0, 0.05) is 47.5 Å². The number of halogens is 1. The minimum atomic E-state index is 0.0768. The van der Waals surface area contributed by atoms with E-state index >= 15 is 0 Å². The summed E-state index contributed by atoms with van der Waals surface area (Å²) in [6.07, 6.45) is 8.70. The highest BCUT2D eigenvalue weighted by Crippen LogP contribution is 2.34. The summed E-state index contributed by atoms with van der Waals surface area (Å²) >= 11 is 3.48. The number of fused-ring (bicyclic) bond motifs is 3. The lowest BCUT2D eigenvalue weighted by Crippen LogP contribution is -2.24. The highest BCUT2D eigenvalue weighted by Gasteiger charge is 2.23. The fraction of sp³-hybridized carbons (Fsp3) is 0.235. The van der Waals surface area contributed by atoms with E-state index in [-0.39, 0.29) is 5.56 Å². The van der Waals surface area contributed by atoms with E-state index in [1.165, 1.54) is 5.56 Å². The van der Waals surface area contributed by atoms with Crippen LogP contribution in [0, 0.1) is 0 Å². The molecule has 0 spiro atoms. The van der Waals surface area contributed by atoms with Crippen molar-refractivity contribution in [1.29, 1.82) is 0 Å². The number of benzene rings is 1. The Morgan fingerprint density at radius 1 is 1.22 bits per heavy atom. The lowest BCUT2D eigenvalue weighted by atomic mass is 10.1. The molecule has 0 saturated heterocycles. The molecule has 0 bridgehead atoms. The van der Waals surface area contributed by atoms with E-state index in [0.29, 0.717) is 13.0 Å². The van der Waals surface area contributed by atoms with Gasteiger partial charge in [-0.3, -0.25) is 9.36 Å². The molecule has 1 aliphatic carbocycles. The summed E-state index contributed by atoms with van der Waals surface area (Å²) in [5, 5.41) is 0. The average Bonchev–Trinajstić information content (AvgIpc) is 3.17. The summed E-state index contributed by atoms with van der Waals surface area (Å²) in [6.45, 7) is 1.51. The van der Waals surface area contributed by atoms with Crippen LogP contribution in [0.25, 0.3) is 11.3 Å². The Bertz CT molecular complexity index is 915. The zero-order chi connectivity index (χ0) is 15.8. The molecule has 4 rings (SSSR count). The minimum Gasteiger partial charge on any atom is -0.337 e. The molecule has 5 nitrogen and oxygen atoms in total. The summed E-state index contributed by atoms with van der Waals surface area (Å²) in [4.78, 5) is 21.3. The summed E-state index contributed by atoms with van der Waals surface area (Å²) in [5.74, 6) is 0. The predicted octanol–water partition coefficient (Wildman–Crippen LogP) is 2.86. The zero-order valence-corrected chi connectivity index (χ0v) is 14.0. The van der Waals surface area contributed by atoms with Crippen LogP contribution in [0.5, 0.6) is 0 Å². The molecule has 0 unspecified atom stereocenters. The summed E-state index contributed by atoms with van der Waals surface area (Å²) in [7, 11) is 0. The molecule has 1 aliphatic rings. The molecule has 23 heavy (non-hydrogen) atoms. The molecule has 0 saturated carbocycles. The standard InChI is InChI=1S/C17H15BrN4O/c18-13-3-2-12-8-15-16(14(12)9-13)20-11-22(17(15)23)6-1-5-21-7-4-19-10-21/h2-4,7,9-11H,1,5-6,8H2. The van der Waals surface area contributed by atoms with Gasteiger partial charge in [-0.2, -0.15) is 0 Å². The quantitative estimate of drug-likeness (QED) is 0.554. The lowest BCUT2D eigenvalue weighted by molar-refractivity contribution is 0.545. The van der Waals surface area contributed by atoms with E-state index in [4.69, 9.17) is 0 Å². The molecular weight excluding hydrogens is 356 g/mol. The highest BCUT2D eigenvalue weighted by molar-refractivity contribution is 9.10. The Balaban J connectivity index is 1.58. The second kappa shape index (κ2) is 5.77. The Labute approximate surface area is 141 Å². The van der Waals surface area contributed by atoms with E-state index in [1.54, 1.807) is 23.4 Å². The first-order valence-electron chi connectivity index (χ1n) is 7.55. The van der Waals surface area contributed by atoms with Crippen LogP contribution in [0.15, 0.2) is 52.5 Å². The van der Waals surface area contributed by atoms with Gasteiger partial charge in [0.25, 0.3) is 5.56 Å². The van der Waals surface area contributed by atoms with Gasteiger partial charge in [0.2, 0.25) is 0 Å². The third-order valence-electron chi connectivity index (χ3n) is 4.20. The molecule has 3 aromatic rings. The maximum absolute atomic E-state index is 12.7. The molecule has 0 N–H and O–H groups in total. The van der Waals surface area contributed by atoms with Crippen LogP contribution >= 0.6 is 15.9 Å². The molecule has 2 heterocycles. The van der Waals surface area contributed by atoms with Crippen molar-refractivity contribution in [2.45, 2.75) is 25.9 Å². The van der Waals surface area contributed by atoms with Gasteiger partial charge >= 0.3 is 0 Å². The van der Waals surface area contributed by atoms with Crippen molar-refractivity contribution in [2.24, 2.45) is 0 Å². The van der Waals surface area contributed by atoms with Crippen molar-refractivity contribution in [2.75, 3.05) is 0 Å². The second-order valence-corrected chi connectivity index (χ2v) is 6.62. The molecule has 2 aromatic heterocycles. The summed E-state index contributed by atoms with van der Waals surface area (Å²) in [6, 6.07) is 6.11. The SMILES string of the molecule is O=c1c2c(ncn1CCCn1ccnc1)-c1cc(Br)ccc1C2. The van der Waals surface area contributed by atoms with Crippen molar-refractivity contribution in [3.8, 4) is 11.3 Å². The van der Waals surface area contributed by atoms with E-state index in [9.17, 15) is 4.79 Å². The molecule has 0 amide bonds. The maximum atomic E-state index is 12.7. The average molecular weight is 371 g/mol. The fourth-order valence-electron chi connectivity index (χ4n) is 3.04. The van der Waals surface area contributed by atoms with Crippen LogP contribution in [-0.4, -0.2) is 19.1 Å². The van der Waals surface area contributed by atoms with Gasteiger partial charge in [-0.1, -0.05) is 22.0 Å². The second-order valence-electron chi connectivity index (χ2n) is 5.70. The molecule has 0 fully saturated rings. The van der Waals surface area contributed by atoms with Crippen molar-refractivity contribution < 1.29 is 0 Å². The van der Waals surface area contributed by atoms with Crippen LogP contribution in [0.2, 0.25) is 0 Å². The first-order valence-corrected chi connectivity index (χ1v) is 8.34. The number of hydrogen-bond acceptors (Lipinski definition) is 3. The van der Waals surface area contributed by atoms with Crippen molar-refractivity contribution in [3.63, 3.8) is 0 Å². The zero-order valence-electron chi connectivity index (χ0n) is 12.4. The normalized spacial score (nSPS) is 12.2. The van der Waals surface area contributed by atoms with Crippen molar-refractivity contribution in [1.82, 2.24) is 19.1 Å². The number of rotatable bonds is 4. The Kier molecular flexibility index (Phi) is 3.61. The van der Waals surface area contributed by atoms with Crippen LogP contribution in [0.3, 0.4) is 0 Å². The third kappa shape index (κ3) is 2.63. The Morgan fingerprint density at radius 2 is 2.13 bits per heavy atom. The molecule has 6 heteroatoms. The first kappa shape index (κ1) is 14.4. The fourth-order valence-corrected chi connectivity index (χ4v) is 3.40. The molecular formula is C17H15BrN4O. The van der Waals surface area contributed by atoms with Crippen molar-refractivity contribution in [3.05, 3.63) is 69.2 Å². The van der Waals surface area contributed by atoms with Crippen LogP contribution in [-0.2, 0) is 19.5 Å². The van der Waals surface area contributed by atoms with Gasteiger partial charge < -0.3 is 4.57 Å². The summed E-state index contributed by atoms with van der Waals surface area (Å²) in [5.41, 5.74) is 3.95. The Morgan fingerprint density at radius 3 is 2.96 bits per heavy atom. The number of hydrogen-bond donors (Lipinski definition) is 0. The Hall–Kier alpha value is -2.21. The van der Waals surface area contributed by atoms with Gasteiger partial charge in [0.05, 0.1) is 18.3 Å². The largest absolute Gasteiger partial charge is 0.337 e. The smallest absolute Gasteiger partial charge is 0.257 e.